The normalized spacial score (nSPS) is 28.7. The molecule has 84 valence electrons. The van der Waals surface area contributed by atoms with Crippen LogP contribution in [0.1, 0.15) is 59.3 Å². The van der Waals surface area contributed by atoms with Crippen molar-refractivity contribution in [3.63, 3.8) is 0 Å². The Kier molecular flexibility index (Phi) is 2.74. The summed E-state index contributed by atoms with van der Waals surface area (Å²) in [5, 5.41) is 0. The molecule has 0 unspecified atom stereocenters. The predicted octanol–water partition coefficient (Wildman–Crippen LogP) is 3.88. The van der Waals surface area contributed by atoms with Crippen molar-refractivity contribution in [3.05, 3.63) is 11.1 Å². The van der Waals surface area contributed by atoms with Crippen molar-refractivity contribution in [2.75, 3.05) is 0 Å². The molecular weight excluding hydrogens is 184 g/mol. The Hall–Kier alpha value is -0.590. The molecule has 1 nitrogen and oxygen atoms in total. The number of ketones is 1. The highest BCUT2D eigenvalue weighted by atomic mass is 16.1. The summed E-state index contributed by atoms with van der Waals surface area (Å²) in [5.74, 6) is 1.04. The molecule has 0 aromatic heterocycles. The van der Waals surface area contributed by atoms with E-state index in [1.54, 1.807) is 0 Å². The fourth-order valence-corrected chi connectivity index (χ4v) is 3.18. The van der Waals surface area contributed by atoms with Gasteiger partial charge in [0.15, 0.2) is 5.78 Å². The highest BCUT2D eigenvalue weighted by Crippen LogP contribution is 2.53. The second kappa shape index (κ2) is 3.77. The quantitative estimate of drug-likeness (QED) is 0.685. The minimum Gasteiger partial charge on any atom is -0.295 e. The maximum atomic E-state index is 11.9. The van der Waals surface area contributed by atoms with E-state index in [-0.39, 0.29) is 0 Å². The standard InChI is InChI=1S/C14H22O/c1-4-5-6-11-10-7-8-14(2,3)12(10)9-13(11)15/h12H,4-9H2,1-3H3/t12-/m0/s1. The van der Waals surface area contributed by atoms with Crippen LogP contribution < -0.4 is 0 Å². The molecule has 0 aromatic carbocycles. The Bertz CT molecular complexity index is 309. The lowest BCUT2D eigenvalue weighted by Crippen LogP contribution is -2.17. The molecule has 2 aliphatic carbocycles. The number of fused-ring (bicyclic) bond motifs is 1. The molecule has 0 radical (unpaired) electrons. The van der Waals surface area contributed by atoms with Gasteiger partial charge in [0.25, 0.3) is 0 Å². The van der Waals surface area contributed by atoms with Crippen LogP contribution in [0, 0.1) is 11.3 Å². The topological polar surface area (TPSA) is 17.1 Å². The molecule has 0 saturated heterocycles. The molecule has 1 fully saturated rings. The van der Waals surface area contributed by atoms with Crippen molar-refractivity contribution in [1.29, 1.82) is 0 Å². The smallest absolute Gasteiger partial charge is 0.159 e. The molecule has 0 amide bonds. The number of allylic oxidation sites excluding steroid dienone is 2. The van der Waals surface area contributed by atoms with Crippen molar-refractivity contribution in [2.45, 2.75) is 59.3 Å². The first-order valence-electron chi connectivity index (χ1n) is 6.31. The minimum absolute atomic E-state index is 0.374. The average molecular weight is 206 g/mol. The van der Waals surface area contributed by atoms with Gasteiger partial charge >= 0.3 is 0 Å². The van der Waals surface area contributed by atoms with Crippen molar-refractivity contribution in [2.24, 2.45) is 11.3 Å². The predicted molar refractivity (Wildman–Crippen MR) is 62.7 cm³/mol. The molecule has 0 N–H and O–H groups in total. The van der Waals surface area contributed by atoms with E-state index >= 15 is 0 Å². The van der Waals surface area contributed by atoms with Crippen LogP contribution in [0.3, 0.4) is 0 Å². The molecule has 1 heteroatoms. The van der Waals surface area contributed by atoms with Gasteiger partial charge in [-0.3, -0.25) is 4.79 Å². The molecule has 0 heterocycles. The first kappa shape index (κ1) is 10.9. The zero-order valence-corrected chi connectivity index (χ0v) is 10.2. The van der Waals surface area contributed by atoms with Crippen LogP contribution in [-0.2, 0) is 4.79 Å². The Labute approximate surface area is 92.9 Å². The third-order valence-electron chi connectivity index (χ3n) is 4.30. The summed E-state index contributed by atoms with van der Waals surface area (Å²) in [5.41, 5.74) is 3.12. The van der Waals surface area contributed by atoms with E-state index < -0.39 is 0 Å². The summed E-state index contributed by atoms with van der Waals surface area (Å²) in [6, 6.07) is 0. The molecule has 2 aliphatic rings. The number of unbranched alkanes of at least 4 members (excludes halogenated alkanes) is 1. The lowest BCUT2D eigenvalue weighted by Gasteiger charge is -2.23. The van der Waals surface area contributed by atoms with Crippen LogP contribution in [0.4, 0.5) is 0 Å². The summed E-state index contributed by atoms with van der Waals surface area (Å²) >= 11 is 0. The van der Waals surface area contributed by atoms with Gasteiger partial charge in [0.2, 0.25) is 0 Å². The molecule has 1 saturated carbocycles. The van der Waals surface area contributed by atoms with E-state index in [2.05, 4.69) is 20.8 Å². The van der Waals surface area contributed by atoms with Crippen LogP contribution in [0.2, 0.25) is 0 Å². The van der Waals surface area contributed by atoms with Crippen molar-refractivity contribution < 1.29 is 4.79 Å². The summed E-state index contributed by atoms with van der Waals surface area (Å²) < 4.78 is 0. The van der Waals surface area contributed by atoms with E-state index in [1.165, 1.54) is 36.8 Å². The molecule has 2 rings (SSSR count). The van der Waals surface area contributed by atoms with Crippen molar-refractivity contribution in [3.8, 4) is 0 Å². The maximum Gasteiger partial charge on any atom is 0.159 e. The lowest BCUT2D eigenvalue weighted by molar-refractivity contribution is -0.116. The summed E-state index contributed by atoms with van der Waals surface area (Å²) in [4.78, 5) is 11.9. The Morgan fingerprint density at radius 1 is 1.40 bits per heavy atom. The first-order chi connectivity index (χ1) is 7.06. The summed E-state index contributed by atoms with van der Waals surface area (Å²) in [6.45, 7) is 6.84. The van der Waals surface area contributed by atoms with Crippen LogP contribution in [-0.4, -0.2) is 5.78 Å². The molecule has 0 spiro atoms. The number of carbonyl (C=O) groups is 1. The zero-order valence-electron chi connectivity index (χ0n) is 10.2. The second-order valence-electron chi connectivity index (χ2n) is 5.78. The minimum atomic E-state index is 0.374. The molecule has 15 heavy (non-hydrogen) atoms. The highest BCUT2D eigenvalue weighted by Gasteiger charge is 2.45. The van der Waals surface area contributed by atoms with Crippen LogP contribution in [0.25, 0.3) is 0 Å². The van der Waals surface area contributed by atoms with E-state index in [0.29, 0.717) is 17.1 Å². The Balaban J connectivity index is 2.21. The number of carbonyl (C=O) groups excluding carboxylic acids is 1. The van der Waals surface area contributed by atoms with Gasteiger partial charge in [-0.1, -0.05) is 32.8 Å². The van der Waals surface area contributed by atoms with E-state index in [0.717, 1.165) is 12.8 Å². The van der Waals surface area contributed by atoms with Gasteiger partial charge < -0.3 is 0 Å². The van der Waals surface area contributed by atoms with Crippen LogP contribution >= 0.6 is 0 Å². The average Bonchev–Trinajstić information content (AvgIpc) is 2.63. The maximum absolute atomic E-state index is 11.9. The number of hydrogen-bond acceptors (Lipinski definition) is 1. The lowest BCUT2D eigenvalue weighted by atomic mass is 9.80. The van der Waals surface area contributed by atoms with Crippen LogP contribution in [0.15, 0.2) is 11.1 Å². The second-order valence-corrected chi connectivity index (χ2v) is 5.78. The third kappa shape index (κ3) is 1.77. The van der Waals surface area contributed by atoms with Crippen LogP contribution in [0.5, 0.6) is 0 Å². The van der Waals surface area contributed by atoms with Gasteiger partial charge in [-0.25, -0.2) is 0 Å². The van der Waals surface area contributed by atoms with Gasteiger partial charge in [-0.05, 0) is 42.6 Å². The van der Waals surface area contributed by atoms with E-state index in [4.69, 9.17) is 0 Å². The van der Waals surface area contributed by atoms with E-state index in [9.17, 15) is 4.79 Å². The fraction of sp³-hybridized carbons (Fsp3) is 0.786. The monoisotopic (exact) mass is 206 g/mol. The first-order valence-corrected chi connectivity index (χ1v) is 6.31. The number of hydrogen-bond donors (Lipinski definition) is 0. The molecule has 0 aromatic rings. The molecule has 0 aliphatic heterocycles. The van der Waals surface area contributed by atoms with Gasteiger partial charge in [0.05, 0.1) is 0 Å². The summed E-state index contributed by atoms with van der Waals surface area (Å²) in [6.07, 6.45) is 6.67. The SMILES string of the molecule is CCCCC1=C2CCC(C)(C)[C@H]2CC1=O. The fourth-order valence-electron chi connectivity index (χ4n) is 3.18. The van der Waals surface area contributed by atoms with Gasteiger partial charge in [-0.15, -0.1) is 0 Å². The van der Waals surface area contributed by atoms with Gasteiger partial charge in [0.1, 0.15) is 0 Å². The molecular formula is C14H22O. The molecule has 0 bridgehead atoms. The van der Waals surface area contributed by atoms with Crippen molar-refractivity contribution >= 4 is 5.78 Å². The number of rotatable bonds is 3. The molecule has 1 atom stereocenters. The third-order valence-corrected chi connectivity index (χ3v) is 4.30. The highest BCUT2D eigenvalue weighted by molar-refractivity contribution is 5.99. The van der Waals surface area contributed by atoms with Gasteiger partial charge in [0, 0.05) is 6.42 Å². The van der Waals surface area contributed by atoms with E-state index in [1.807, 2.05) is 0 Å². The number of Topliss-reactive ketones (excluding diaryl/α,β-unsaturated/α-hetero) is 1. The van der Waals surface area contributed by atoms with Crippen molar-refractivity contribution in [1.82, 2.24) is 0 Å². The Morgan fingerprint density at radius 3 is 2.80 bits per heavy atom. The largest absolute Gasteiger partial charge is 0.295 e. The zero-order chi connectivity index (χ0) is 11.1. The Morgan fingerprint density at radius 2 is 2.13 bits per heavy atom. The van der Waals surface area contributed by atoms with Gasteiger partial charge in [-0.2, -0.15) is 0 Å². The summed E-state index contributed by atoms with van der Waals surface area (Å²) in [7, 11) is 0.